The minimum atomic E-state index is -0.716. The number of hydrogen-bond donors (Lipinski definition) is 2. The van der Waals surface area contributed by atoms with Crippen molar-refractivity contribution in [1.82, 2.24) is 14.5 Å². The lowest BCUT2D eigenvalue weighted by Crippen LogP contribution is -2.37. The third kappa shape index (κ3) is 3.55. The number of carbonyl (C=O) groups is 2. The quantitative estimate of drug-likeness (QED) is 0.519. The third-order valence-electron chi connectivity index (χ3n) is 5.66. The van der Waals surface area contributed by atoms with Gasteiger partial charge in [-0.1, -0.05) is 30.7 Å². The SMILES string of the molecule is Cn1c(=O)n(C)c2cc(NC(=O)C(=O)N[C@@H]3CCCCc4ccccc43)ccc21. The summed E-state index contributed by atoms with van der Waals surface area (Å²) in [6.07, 6.45) is 3.88. The number of benzene rings is 2. The number of imidazole rings is 1. The lowest BCUT2D eigenvalue weighted by molar-refractivity contribution is -0.136. The second-order valence-corrected chi connectivity index (χ2v) is 7.53. The largest absolute Gasteiger partial charge is 0.341 e. The van der Waals surface area contributed by atoms with Crippen LogP contribution in [0.25, 0.3) is 11.0 Å². The van der Waals surface area contributed by atoms with Crippen LogP contribution < -0.4 is 16.3 Å². The molecule has 2 amide bonds. The van der Waals surface area contributed by atoms with Crippen LogP contribution in [0, 0.1) is 0 Å². The van der Waals surface area contributed by atoms with E-state index in [0.717, 1.165) is 36.8 Å². The van der Waals surface area contributed by atoms with Gasteiger partial charge in [0.1, 0.15) is 0 Å². The summed E-state index contributed by atoms with van der Waals surface area (Å²) < 4.78 is 3.05. The fourth-order valence-corrected chi connectivity index (χ4v) is 4.07. The maximum atomic E-state index is 12.5. The molecule has 0 unspecified atom stereocenters. The molecule has 7 nitrogen and oxygen atoms in total. The highest BCUT2D eigenvalue weighted by Gasteiger charge is 2.23. The van der Waals surface area contributed by atoms with E-state index in [-0.39, 0.29) is 11.7 Å². The predicted molar refractivity (Wildman–Crippen MR) is 112 cm³/mol. The summed E-state index contributed by atoms with van der Waals surface area (Å²) in [6, 6.07) is 13.0. The number of anilines is 1. The molecule has 4 rings (SSSR count). The molecule has 0 radical (unpaired) electrons. The van der Waals surface area contributed by atoms with Crippen molar-refractivity contribution in [2.24, 2.45) is 14.1 Å². The molecule has 1 heterocycles. The van der Waals surface area contributed by atoms with Gasteiger partial charge in [0.2, 0.25) is 0 Å². The monoisotopic (exact) mass is 392 g/mol. The first kappa shape index (κ1) is 19.0. The maximum absolute atomic E-state index is 12.5. The second-order valence-electron chi connectivity index (χ2n) is 7.53. The van der Waals surface area contributed by atoms with Crippen LogP contribution in [0.2, 0.25) is 0 Å². The van der Waals surface area contributed by atoms with Crippen molar-refractivity contribution in [3.8, 4) is 0 Å². The summed E-state index contributed by atoms with van der Waals surface area (Å²) in [4.78, 5) is 37.1. The summed E-state index contributed by atoms with van der Waals surface area (Å²) in [5.41, 5.74) is 4.09. The van der Waals surface area contributed by atoms with Gasteiger partial charge in [-0.15, -0.1) is 0 Å². The number of aryl methyl sites for hydroxylation is 3. The Morgan fingerprint density at radius 2 is 1.72 bits per heavy atom. The van der Waals surface area contributed by atoms with Gasteiger partial charge in [-0.2, -0.15) is 0 Å². The van der Waals surface area contributed by atoms with E-state index in [0.29, 0.717) is 11.2 Å². The molecule has 7 heteroatoms. The Hall–Kier alpha value is -3.35. The average Bonchev–Trinajstić information content (AvgIpc) is 2.87. The van der Waals surface area contributed by atoms with Gasteiger partial charge >= 0.3 is 17.5 Å². The molecule has 150 valence electrons. The minimum absolute atomic E-state index is 0.145. The molecular weight excluding hydrogens is 368 g/mol. The number of fused-ring (bicyclic) bond motifs is 2. The number of amides is 2. The first-order valence-electron chi connectivity index (χ1n) is 9.81. The summed E-state index contributed by atoms with van der Waals surface area (Å²) in [5, 5.41) is 5.53. The van der Waals surface area contributed by atoms with E-state index in [2.05, 4.69) is 16.7 Å². The number of nitrogens with one attached hydrogen (secondary N) is 2. The van der Waals surface area contributed by atoms with E-state index >= 15 is 0 Å². The first-order chi connectivity index (χ1) is 14.0. The van der Waals surface area contributed by atoms with Gasteiger partial charge in [0.05, 0.1) is 17.1 Å². The molecule has 0 spiro atoms. The van der Waals surface area contributed by atoms with Crippen molar-refractivity contribution in [3.05, 3.63) is 64.1 Å². The summed E-state index contributed by atoms with van der Waals surface area (Å²) >= 11 is 0. The summed E-state index contributed by atoms with van der Waals surface area (Å²) in [5.74, 6) is -1.37. The molecule has 29 heavy (non-hydrogen) atoms. The fourth-order valence-electron chi connectivity index (χ4n) is 4.07. The third-order valence-corrected chi connectivity index (χ3v) is 5.66. The Morgan fingerprint density at radius 3 is 2.55 bits per heavy atom. The highest BCUT2D eigenvalue weighted by atomic mass is 16.2. The number of carbonyl (C=O) groups excluding carboxylic acids is 2. The molecule has 1 aromatic heterocycles. The van der Waals surface area contributed by atoms with Crippen LogP contribution in [0.4, 0.5) is 5.69 Å². The molecular formula is C22H24N4O3. The van der Waals surface area contributed by atoms with E-state index in [1.54, 1.807) is 32.3 Å². The van der Waals surface area contributed by atoms with Gasteiger partial charge in [0.25, 0.3) is 0 Å². The van der Waals surface area contributed by atoms with E-state index < -0.39 is 11.8 Å². The Labute approximate surface area is 168 Å². The first-order valence-corrected chi connectivity index (χ1v) is 9.81. The summed E-state index contributed by atoms with van der Waals surface area (Å²) in [7, 11) is 3.37. The van der Waals surface area contributed by atoms with Crippen LogP contribution in [-0.4, -0.2) is 20.9 Å². The molecule has 1 aliphatic carbocycles. The highest BCUT2D eigenvalue weighted by molar-refractivity contribution is 6.39. The van der Waals surface area contributed by atoms with Crippen molar-refractivity contribution in [2.75, 3.05) is 5.32 Å². The molecule has 0 fully saturated rings. The van der Waals surface area contributed by atoms with Crippen LogP contribution in [-0.2, 0) is 30.1 Å². The van der Waals surface area contributed by atoms with Crippen molar-refractivity contribution >= 4 is 28.5 Å². The molecule has 0 saturated carbocycles. The topological polar surface area (TPSA) is 85.1 Å². The van der Waals surface area contributed by atoms with Crippen molar-refractivity contribution < 1.29 is 9.59 Å². The lowest BCUT2D eigenvalue weighted by atomic mass is 9.99. The molecule has 2 aromatic carbocycles. The van der Waals surface area contributed by atoms with Crippen molar-refractivity contribution in [1.29, 1.82) is 0 Å². The van der Waals surface area contributed by atoms with Crippen molar-refractivity contribution in [2.45, 2.75) is 31.7 Å². The molecule has 1 aliphatic rings. The fraction of sp³-hybridized carbons (Fsp3) is 0.318. The Kier molecular flexibility index (Phi) is 4.96. The molecule has 0 bridgehead atoms. The van der Waals surface area contributed by atoms with Crippen LogP contribution in [0.1, 0.15) is 36.4 Å². The minimum Gasteiger partial charge on any atom is -0.341 e. The van der Waals surface area contributed by atoms with Crippen LogP contribution in [0.15, 0.2) is 47.3 Å². The molecule has 2 N–H and O–H groups in total. The second kappa shape index (κ2) is 7.58. The van der Waals surface area contributed by atoms with Gasteiger partial charge in [-0.3, -0.25) is 18.7 Å². The van der Waals surface area contributed by atoms with E-state index in [9.17, 15) is 14.4 Å². The van der Waals surface area contributed by atoms with Gasteiger partial charge in [0.15, 0.2) is 0 Å². The maximum Gasteiger partial charge on any atom is 0.328 e. The molecule has 0 saturated heterocycles. The van der Waals surface area contributed by atoms with Gasteiger partial charge < -0.3 is 10.6 Å². The molecule has 0 aliphatic heterocycles. The van der Waals surface area contributed by atoms with Gasteiger partial charge in [-0.25, -0.2) is 4.79 Å². The predicted octanol–water partition coefficient (Wildman–Crippen LogP) is 2.40. The zero-order valence-corrected chi connectivity index (χ0v) is 16.6. The Morgan fingerprint density at radius 1 is 0.966 bits per heavy atom. The van der Waals surface area contributed by atoms with E-state index in [4.69, 9.17) is 0 Å². The molecule has 1 atom stereocenters. The standard InChI is InChI=1S/C22H24N4O3/c1-25-18-12-11-15(13-19(18)26(2)22(25)29)23-20(27)21(28)24-17-10-6-4-8-14-7-3-5-9-16(14)17/h3,5,7,9,11-13,17H,4,6,8,10H2,1-2H3,(H,23,27)(H,24,28)/t17-/m1/s1. The lowest BCUT2D eigenvalue weighted by Gasteiger charge is -2.19. The zero-order chi connectivity index (χ0) is 20.5. The average molecular weight is 392 g/mol. The number of aromatic nitrogens is 2. The van der Waals surface area contributed by atoms with E-state index in [1.807, 2.05) is 18.2 Å². The highest BCUT2D eigenvalue weighted by Crippen LogP contribution is 2.28. The van der Waals surface area contributed by atoms with Gasteiger partial charge in [-0.05, 0) is 48.6 Å². The smallest absolute Gasteiger partial charge is 0.328 e. The zero-order valence-electron chi connectivity index (χ0n) is 16.6. The Bertz CT molecular complexity index is 1160. The van der Waals surface area contributed by atoms with Crippen LogP contribution in [0.5, 0.6) is 0 Å². The summed E-state index contributed by atoms with van der Waals surface area (Å²) in [6.45, 7) is 0. The van der Waals surface area contributed by atoms with Crippen molar-refractivity contribution in [3.63, 3.8) is 0 Å². The molecule has 3 aromatic rings. The Balaban J connectivity index is 1.50. The number of hydrogen-bond acceptors (Lipinski definition) is 3. The van der Waals surface area contributed by atoms with Gasteiger partial charge in [0, 0.05) is 19.8 Å². The number of rotatable bonds is 2. The van der Waals surface area contributed by atoms with Crippen LogP contribution in [0.3, 0.4) is 0 Å². The van der Waals surface area contributed by atoms with Crippen LogP contribution >= 0.6 is 0 Å². The van der Waals surface area contributed by atoms with E-state index in [1.165, 1.54) is 14.7 Å². The number of nitrogens with zero attached hydrogens (tertiary/aromatic N) is 2. The normalized spacial score (nSPS) is 16.1.